The van der Waals surface area contributed by atoms with Crippen molar-refractivity contribution in [1.29, 1.82) is 0 Å². The van der Waals surface area contributed by atoms with Crippen LogP contribution < -0.4 is 10.6 Å². The maximum absolute atomic E-state index is 12.0. The first-order valence-corrected chi connectivity index (χ1v) is 6.81. The van der Waals surface area contributed by atoms with Crippen molar-refractivity contribution < 1.29 is 4.79 Å². The summed E-state index contributed by atoms with van der Waals surface area (Å²) >= 11 is 0. The highest BCUT2D eigenvalue weighted by molar-refractivity contribution is 6.02. The molecule has 1 amide bonds. The van der Waals surface area contributed by atoms with Crippen LogP contribution in [0, 0.1) is 0 Å². The molecular weight excluding hydrogens is 250 g/mol. The molecule has 2 rings (SSSR count). The van der Waals surface area contributed by atoms with Gasteiger partial charge in [-0.05, 0) is 42.8 Å². The highest BCUT2D eigenvalue weighted by Crippen LogP contribution is 2.11. The quantitative estimate of drug-likeness (QED) is 0.793. The van der Waals surface area contributed by atoms with E-state index >= 15 is 0 Å². The number of nitrogens with one attached hydrogen (secondary N) is 2. The minimum atomic E-state index is -0.190. The van der Waals surface area contributed by atoms with Crippen LogP contribution in [0.25, 0.3) is 0 Å². The summed E-state index contributed by atoms with van der Waals surface area (Å²) in [5, 5.41) is 6.20. The summed E-state index contributed by atoms with van der Waals surface area (Å²) in [5.74, 6) is -0.190. The molecular formula is C16H19N3O. The van der Waals surface area contributed by atoms with Gasteiger partial charge in [0.1, 0.15) is 5.69 Å². The third-order valence-corrected chi connectivity index (χ3v) is 2.84. The van der Waals surface area contributed by atoms with E-state index in [1.54, 1.807) is 24.4 Å². The highest BCUT2D eigenvalue weighted by atomic mass is 16.1. The molecule has 4 nitrogen and oxygen atoms in total. The zero-order valence-electron chi connectivity index (χ0n) is 11.6. The molecule has 0 fully saturated rings. The zero-order valence-corrected chi connectivity index (χ0v) is 11.6. The third kappa shape index (κ3) is 4.17. The van der Waals surface area contributed by atoms with E-state index in [1.807, 2.05) is 24.3 Å². The third-order valence-electron chi connectivity index (χ3n) is 2.84. The van der Waals surface area contributed by atoms with Crippen LogP contribution >= 0.6 is 0 Å². The van der Waals surface area contributed by atoms with Crippen molar-refractivity contribution in [1.82, 2.24) is 10.3 Å². The predicted octanol–water partition coefficient (Wildman–Crippen LogP) is 2.83. The smallest absolute Gasteiger partial charge is 0.274 e. The first-order chi connectivity index (χ1) is 9.79. The Morgan fingerprint density at radius 2 is 2.10 bits per heavy atom. The fourth-order valence-corrected chi connectivity index (χ4v) is 1.86. The molecule has 0 unspecified atom stereocenters. The molecule has 1 aromatic carbocycles. The van der Waals surface area contributed by atoms with E-state index < -0.39 is 0 Å². The lowest BCUT2D eigenvalue weighted by atomic mass is 10.2. The number of rotatable bonds is 6. The fourth-order valence-electron chi connectivity index (χ4n) is 1.86. The van der Waals surface area contributed by atoms with Crippen LogP contribution in [0.3, 0.4) is 0 Å². The van der Waals surface area contributed by atoms with Gasteiger partial charge in [0.05, 0.1) is 0 Å². The minimum Gasteiger partial charge on any atom is -0.321 e. The Kier molecular flexibility index (Phi) is 5.26. The second-order valence-corrected chi connectivity index (χ2v) is 4.55. The van der Waals surface area contributed by atoms with Crippen molar-refractivity contribution in [2.24, 2.45) is 0 Å². The summed E-state index contributed by atoms with van der Waals surface area (Å²) in [4.78, 5) is 16.0. The number of carbonyl (C=O) groups is 1. The molecule has 0 saturated heterocycles. The SMILES string of the molecule is CCCNCc1cccc(NC(=O)c2ccccn2)c1. The maximum Gasteiger partial charge on any atom is 0.274 e. The van der Waals surface area contributed by atoms with Gasteiger partial charge in [-0.2, -0.15) is 0 Å². The number of hydrogen-bond acceptors (Lipinski definition) is 3. The number of amides is 1. The lowest BCUT2D eigenvalue weighted by Crippen LogP contribution is -2.15. The molecule has 0 aliphatic heterocycles. The molecule has 0 radical (unpaired) electrons. The summed E-state index contributed by atoms with van der Waals surface area (Å²) in [5.41, 5.74) is 2.36. The van der Waals surface area contributed by atoms with E-state index in [-0.39, 0.29) is 5.91 Å². The Hall–Kier alpha value is -2.20. The monoisotopic (exact) mass is 269 g/mol. The van der Waals surface area contributed by atoms with Crippen molar-refractivity contribution in [2.45, 2.75) is 19.9 Å². The molecule has 0 saturated carbocycles. The van der Waals surface area contributed by atoms with Crippen molar-refractivity contribution in [3.63, 3.8) is 0 Å². The highest BCUT2D eigenvalue weighted by Gasteiger charge is 2.06. The maximum atomic E-state index is 12.0. The Morgan fingerprint density at radius 3 is 2.85 bits per heavy atom. The van der Waals surface area contributed by atoms with Crippen LogP contribution in [0.15, 0.2) is 48.7 Å². The number of nitrogens with zero attached hydrogens (tertiary/aromatic N) is 1. The molecule has 0 bridgehead atoms. The Morgan fingerprint density at radius 1 is 1.20 bits per heavy atom. The summed E-state index contributed by atoms with van der Waals surface area (Å²) in [6, 6.07) is 13.1. The largest absolute Gasteiger partial charge is 0.321 e. The fraction of sp³-hybridized carbons (Fsp3) is 0.250. The molecule has 104 valence electrons. The molecule has 2 aromatic rings. The summed E-state index contributed by atoms with van der Waals surface area (Å²) < 4.78 is 0. The van der Waals surface area contributed by atoms with E-state index in [2.05, 4.69) is 22.5 Å². The van der Waals surface area contributed by atoms with Gasteiger partial charge in [0.2, 0.25) is 0 Å². The number of anilines is 1. The van der Waals surface area contributed by atoms with Crippen LogP contribution in [-0.4, -0.2) is 17.4 Å². The lowest BCUT2D eigenvalue weighted by molar-refractivity contribution is 0.102. The second-order valence-electron chi connectivity index (χ2n) is 4.55. The van der Waals surface area contributed by atoms with Gasteiger partial charge in [-0.1, -0.05) is 25.1 Å². The van der Waals surface area contributed by atoms with Gasteiger partial charge in [0.15, 0.2) is 0 Å². The van der Waals surface area contributed by atoms with Gasteiger partial charge >= 0.3 is 0 Å². The Balaban J connectivity index is 1.99. The number of hydrogen-bond donors (Lipinski definition) is 2. The van der Waals surface area contributed by atoms with Crippen LogP contribution in [0.5, 0.6) is 0 Å². The number of pyridine rings is 1. The molecule has 2 N–H and O–H groups in total. The predicted molar refractivity (Wildman–Crippen MR) is 80.6 cm³/mol. The van der Waals surface area contributed by atoms with Crippen molar-refractivity contribution in [2.75, 3.05) is 11.9 Å². The molecule has 0 spiro atoms. The van der Waals surface area contributed by atoms with Crippen LogP contribution in [0.4, 0.5) is 5.69 Å². The number of benzene rings is 1. The Bertz CT molecular complexity index is 555. The number of carbonyl (C=O) groups excluding carboxylic acids is 1. The topological polar surface area (TPSA) is 54.0 Å². The molecule has 1 heterocycles. The Labute approximate surface area is 119 Å². The van der Waals surface area contributed by atoms with Gasteiger partial charge < -0.3 is 10.6 Å². The molecule has 20 heavy (non-hydrogen) atoms. The molecule has 0 atom stereocenters. The number of aromatic nitrogens is 1. The van der Waals surface area contributed by atoms with Gasteiger partial charge in [0, 0.05) is 18.4 Å². The second kappa shape index (κ2) is 7.40. The van der Waals surface area contributed by atoms with Crippen LogP contribution in [-0.2, 0) is 6.54 Å². The standard InChI is InChI=1S/C16H19N3O/c1-2-9-17-12-13-6-5-7-14(11-13)19-16(20)15-8-3-4-10-18-15/h3-8,10-11,17H,2,9,12H2,1H3,(H,19,20). The van der Waals surface area contributed by atoms with E-state index in [0.717, 1.165) is 30.8 Å². The van der Waals surface area contributed by atoms with Gasteiger partial charge in [-0.25, -0.2) is 0 Å². The average Bonchev–Trinajstić information content (AvgIpc) is 2.49. The minimum absolute atomic E-state index is 0.190. The first kappa shape index (κ1) is 14.2. The van der Waals surface area contributed by atoms with Crippen molar-refractivity contribution >= 4 is 11.6 Å². The normalized spacial score (nSPS) is 10.2. The zero-order chi connectivity index (χ0) is 14.2. The van der Waals surface area contributed by atoms with E-state index in [0.29, 0.717) is 5.69 Å². The summed E-state index contributed by atoms with van der Waals surface area (Å²) in [7, 11) is 0. The van der Waals surface area contributed by atoms with Crippen LogP contribution in [0.2, 0.25) is 0 Å². The molecule has 4 heteroatoms. The summed E-state index contributed by atoms with van der Waals surface area (Å²) in [6.45, 7) is 3.93. The lowest BCUT2D eigenvalue weighted by Gasteiger charge is -2.08. The first-order valence-electron chi connectivity index (χ1n) is 6.81. The van der Waals surface area contributed by atoms with Gasteiger partial charge in [-0.3, -0.25) is 9.78 Å². The molecule has 0 aliphatic rings. The van der Waals surface area contributed by atoms with Crippen LogP contribution in [0.1, 0.15) is 29.4 Å². The van der Waals surface area contributed by atoms with E-state index in [1.165, 1.54) is 0 Å². The van der Waals surface area contributed by atoms with Gasteiger partial charge in [-0.15, -0.1) is 0 Å². The molecule has 0 aliphatic carbocycles. The summed E-state index contributed by atoms with van der Waals surface area (Å²) in [6.07, 6.45) is 2.72. The molecule has 1 aromatic heterocycles. The average molecular weight is 269 g/mol. The van der Waals surface area contributed by atoms with Crippen molar-refractivity contribution in [3.05, 3.63) is 59.9 Å². The van der Waals surface area contributed by atoms with E-state index in [4.69, 9.17) is 0 Å². The van der Waals surface area contributed by atoms with E-state index in [9.17, 15) is 4.79 Å². The van der Waals surface area contributed by atoms with Crippen molar-refractivity contribution in [3.8, 4) is 0 Å². The van der Waals surface area contributed by atoms with Gasteiger partial charge in [0.25, 0.3) is 5.91 Å².